The number of nitrogens with one attached hydrogen (secondary N) is 5. The Morgan fingerprint density at radius 2 is 0.653 bits per heavy atom. The van der Waals surface area contributed by atoms with Crippen LogP contribution in [-0.4, -0.2) is 228 Å². The van der Waals surface area contributed by atoms with Crippen molar-refractivity contribution in [3.8, 4) is 79.3 Å². The maximum absolute atomic E-state index is 14.3. The summed E-state index contributed by atoms with van der Waals surface area (Å²) in [5.41, 5.74) is 18.1. The highest BCUT2D eigenvalue weighted by Crippen LogP contribution is 2.42. The van der Waals surface area contributed by atoms with Crippen molar-refractivity contribution in [3.05, 3.63) is 290 Å². The zero-order chi connectivity index (χ0) is 106. The fraction of sp³-hybridized carbons (Fsp3) is 0.325. The molecule has 5 saturated heterocycles. The topological polar surface area (TPSA) is 378 Å². The lowest BCUT2D eigenvalue weighted by atomic mass is 9.97. The first-order valence-electron chi connectivity index (χ1n) is 50.4. The summed E-state index contributed by atoms with van der Waals surface area (Å²) >= 11 is 0. The quantitative estimate of drug-likeness (QED) is 0.0375. The second-order valence-electron chi connectivity index (χ2n) is 39.0. The molecule has 0 amide bonds. The average Bonchev–Trinajstić information content (AvgIpc) is 1.65. The molecule has 5 aliphatic heterocycles. The Hall–Kier alpha value is -13.8. The van der Waals surface area contributed by atoms with Crippen LogP contribution >= 0.6 is 0 Å². The normalized spacial score (nSPS) is 16.4. The van der Waals surface area contributed by atoms with Gasteiger partial charge in [-0.25, -0.2) is 72.4 Å². The summed E-state index contributed by atoms with van der Waals surface area (Å²) in [7, 11) is -12.5. The van der Waals surface area contributed by atoms with Crippen LogP contribution in [0.2, 0.25) is 0 Å². The maximum atomic E-state index is 14.3. The summed E-state index contributed by atoms with van der Waals surface area (Å²) in [6.07, 6.45) is 31.1. The van der Waals surface area contributed by atoms with Gasteiger partial charge < -0.3 is 36.1 Å². The predicted molar refractivity (Wildman–Crippen MR) is 595 cm³/mol. The van der Waals surface area contributed by atoms with Gasteiger partial charge in [-0.1, -0.05) is 54.6 Å². The highest BCUT2D eigenvalue weighted by molar-refractivity contribution is 7.90. The van der Waals surface area contributed by atoms with Crippen LogP contribution < -0.4 is 36.1 Å². The van der Waals surface area contributed by atoms with Crippen LogP contribution in [0.1, 0.15) is 106 Å². The fourth-order valence-corrected chi connectivity index (χ4v) is 25.6. The highest BCUT2D eigenvalue weighted by atomic mass is 32.2. The number of hydrogen-bond acceptors (Lipinski definition) is 24. The van der Waals surface area contributed by atoms with E-state index in [4.69, 9.17) is 9.47 Å². The Kier molecular flexibility index (Phi) is 33.8. The van der Waals surface area contributed by atoms with Crippen LogP contribution in [0.5, 0.6) is 11.5 Å². The summed E-state index contributed by atoms with van der Waals surface area (Å²) in [5.74, 6) is 0.492. The second-order valence-corrected chi connectivity index (χ2v) is 49.4. The van der Waals surface area contributed by atoms with Gasteiger partial charge in [-0.2, -0.15) is 10.5 Å². The van der Waals surface area contributed by atoms with Gasteiger partial charge in [0.05, 0.1) is 67.3 Å². The van der Waals surface area contributed by atoms with Gasteiger partial charge in [0.1, 0.15) is 11.6 Å². The Labute approximate surface area is 876 Å². The minimum Gasteiger partial charge on any atom is -0.497 e. The molecule has 36 heteroatoms. The third-order valence-electron chi connectivity index (χ3n) is 28.8. The number of halogens is 2. The van der Waals surface area contributed by atoms with Gasteiger partial charge in [-0.05, 0) is 331 Å². The zero-order valence-electron chi connectivity index (χ0n) is 85.0. The number of piperidine rings is 5. The number of aryl methyl sites for hydroxylation is 2. The highest BCUT2D eigenvalue weighted by Gasteiger charge is 2.42. The molecule has 5 aromatic heterocycles. The average molecular weight is 2120 g/mol. The van der Waals surface area contributed by atoms with E-state index in [1.807, 2.05) is 148 Å². The van der Waals surface area contributed by atoms with Crippen molar-refractivity contribution >= 4 is 132 Å². The van der Waals surface area contributed by atoms with E-state index < -0.39 is 55.9 Å². The molecule has 0 spiro atoms. The molecule has 150 heavy (non-hydrogen) atoms. The third kappa shape index (κ3) is 26.4. The molecular formula is C114H123F2N17O12S5. The number of aromatic nitrogens is 5. The molecule has 6 fully saturated rings. The Balaban J connectivity index is 0.000000128. The summed E-state index contributed by atoms with van der Waals surface area (Å²) in [6.45, 7) is 10.9. The van der Waals surface area contributed by atoms with E-state index in [1.165, 1.54) is 48.4 Å². The molecule has 15 aromatic rings. The number of sulfonamides is 5. The Bertz CT molecular complexity index is 8180. The third-order valence-corrected chi connectivity index (χ3v) is 36.9. The van der Waals surface area contributed by atoms with Gasteiger partial charge >= 0.3 is 0 Å². The van der Waals surface area contributed by atoms with E-state index in [2.05, 4.69) is 118 Å². The monoisotopic (exact) mass is 2120 g/mol. The van der Waals surface area contributed by atoms with E-state index in [1.54, 1.807) is 80.4 Å². The van der Waals surface area contributed by atoms with Gasteiger partial charge in [0.25, 0.3) is 0 Å². The van der Waals surface area contributed by atoms with E-state index in [9.17, 15) is 61.4 Å². The number of ether oxygens (including phenoxy) is 2. The maximum Gasteiger partial charge on any atom is 0.216 e. The number of nitrogens with zero attached hydrogens (tertiary/aromatic N) is 12. The van der Waals surface area contributed by atoms with E-state index >= 15 is 0 Å². The van der Waals surface area contributed by atoms with Gasteiger partial charge in [0.2, 0.25) is 50.1 Å². The fourth-order valence-electron chi connectivity index (χ4n) is 20.0. The standard InChI is InChI=1S/C23H26FN3O3S.C23H24FN3O2S.2C23H24N4O2S.C22H25N3O3S/c1-3-31(28,29)27-10-7-19(8-11-27)26-22-14-18(12-17-6-9-25-15-20(17)22)16-4-5-23(30-2)21(24)13-16;24-19-3-1-16(2-4-19)18-13-17-7-10-25-15-22(17)23(14-18)26-20-8-11-27(12-9-20)30(28,29)21-5-6-21;1-16-11-17(3-4-19(16)14-24)20-12-18-5-8-25-15-22(18)23(13-20)26-21-6-9-27(10-7-21)30(2,28)29;1-16-3-4-17(11-20(16)14-24)19-12-18-5-8-25-15-22(18)23(13-19)26-21-6-9-27(10-7-21)30(2,28)29;1-28-20-5-3-4-16(13-20)18-12-17-6-9-23-15-21(17)22(14-18)24-19-7-10-25(11-8-19)29(2,26)27/h4-6,9,12-15,19,26H,3,7-8,10-11H2,1-2H3;1-4,7,10,13-15,20-21,26H,5-6,8-9,11-12H2;2*3-5,8,11-13,15,21,26H,6-7,9-10H2,1-2H3;3-6,9,12-15,19,24H,7-8,10-11H2,1-2H3. The van der Waals surface area contributed by atoms with Crippen molar-refractivity contribution in [2.45, 2.75) is 133 Å². The van der Waals surface area contributed by atoms with Crippen LogP contribution in [-0.2, 0) is 50.1 Å². The number of hydrogen-bond donors (Lipinski definition) is 5. The molecule has 5 N–H and O–H groups in total. The molecule has 780 valence electrons. The summed E-state index contributed by atoms with van der Waals surface area (Å²) in [4.78, 5) is 21.4. The van der Waals surface area contributed by atoms with Crippen molar-refractivity contribution in [3.63, 3.8) is 0 Å². The van der Waals surface area contributed by atoms with Crippen LogP contribution in [0.15, 0.2) is 256 Å². The van der Waals surface area contributed by atoms with Crippen LogP contribution in [0.25, 0.3) is 109 Å². The van der Waals surface area contributed by atoms with Crippen LogP contribution in [0.4, 0.5) is 37.2 Å². The minimum atomic E-state index is -3.16. The van der Waals surface area contributed by atoms with Crippen molar-refractivity contribution in [1.29, 1.82) is 10.5 Å². The lowest BCUT2D eigenvalue weighted by Gasteiger charge is -2.32. The molecular weight excluding hydrogens is 2000 g/mol. The summed E-state index contributed by atoms with van der Waals surface area (Å²) < 4.78 is 166. The first kappa shape index (κ1) is 108. The van der Waals surface area contributed by atoms with E-state index in [-0.39, 0.29) is 52.8 Å². The number of pyridine rings is 5. The lowest BCUT2D eigenvalue weighted by Crippen LogP contribution is -2.43. The molecule has 1 saturated carbocycles. The number of methoxy groups -OCH3 is 2. The zero-order valence-corrected chi connectivity index (χ0v) is 89.1. The van der Waals surface area contributed by atoms with Crippen LogP contribution in [0, 0.1) is 48.1 Å². The molecule has 10 aromatic carbocycles. The number of nitriles is 2. The van der Waals surface area contributed by atoms with Gasteiger partial charge in [-0.3, -0.25) is 24.9 Å². The lowest BCUT2D eigenvalue weighted by molar-refractivity contribution is 0.329. The molecule has 1 aliphatic carbocycles. The molecule has 0 atom stereocenters. The van der Waals surface area contributed by atoms with Crippen molar-refractivity contribution < 1.29 is 60.3 Å². The molecule has 6 aliphatic rings. The largest absolute Gasteiger partial charge is 0.497 e. The number of anilines is 5. The first-order chi connectivity index (χ1) is 72.0. The van der Waals surface area contributed by atoms with Gasteiger partial charge in [0.15, 0.2) is 11.6 Å². The van der Waals surface area contributed by atoms with E-state index in [0.717, 1.165) is 232 Å². The van der Waals surface area contributed by atoms with Gasteiger partial charge in [0, 0.05) is 213 Å². The summed E-state index contributed by atoms with van der Waals surface area (Å²) in [5, 5.41) is 47.0. The van der Waals surface area contributed by atoms with Crippen molar-refractivity contribution in [2.24, 2.45) is 0 Å². The molecule has 21 rings (SSSR count). The van der Waals surface area contributed by atoms with Crippen molar-refractivity contribution in [1.82, 2.24) is 46.4 Å². The first-order valence-corrected chi connectivity index (χ1v) is 59.0. The van der Waals surface area contributed by atoms with Crippen molar-refractivity contribution in [2.75, 3.05) is 131 Å². The number of rotatable bonds is 24. The molecule has 0 unspecified atom stereocenters. The SMILES string of the molecule is CCS(=O)(=O)N1CCC(Nc2cc(-c3ccc(OC)c(F)c3)cc3ccncc23)CC1.COc1cccc(-c2cc(NC3CCN(S(C)(=O)=O)CC3)c3cnccc3c2)c1.Cc1cc(-c2cc(NC3CCN(S(C)(=O)=O)CC3)c3cnccc3c2)ccc1C#N.Cc1ccc(-c2cc(NC3CCN(S(C)(=O)=O)CC3)c3cnccc3c2)cc1C#N.O=S(=O)(C1CC1)N1CCC(Nc2cc(-c3ccc(F)cc3)cc3ccncc23)CC1. The molecule has 29 nitrogen and oxygen atoms in total. The minimum absolute atomic E-state index is 0.127. The molecule has 10 heterocycles. The van der Waals surface area contributed by atoms with Gasteiger partial charge in [-0.15, -0.1) is 0 Å². The number of fused-ring (bicyclic) bond motifs is 5. The predicted octanol–water partition coefficient (Wildman–Crippen LogP) is 20.3. The van der Waals surface area contributed by atoms with Crippen LogP contribution in [0.3, 0.4) is 0 Å². The molecule has 0 radical (unpaired) electrons. The van der Waals surface area contributed by atoms with E-state index in [0.29, 0.717) is 76.6 Å². The summed E-state index contributed by atoms with van der Waals surface area (Å²) in [6, 6.07) is 67.5. The second kappa shape index (κ2) is 47.2. The smallest absolute Gasteiger partial charge is 0.216 e. The Morgan fingerprint density at radius 3 is 0.980 bits per heavy atom. The molecule has 0 bridgehead atoms. The number of benzene rings is 10. The Morgan fingerprint density at radius 1 is 0.333 bits per heavy atom.